The highest BCUT2D eigenvalue weighted by Gasteiger charge is 2.43. The molecule has 2 nitrogen and oxygen atoms in total. The zero-order chi connectivity index (χ0) is 9.03. The lowest BCUT2D eigenvalue weighted by Gasteiger charge is -2.10. The smallest absolute Gasteiger partial charge is 0.306 e. The van der Waals surface area contributed by atoms with E-state index in [1.807, 2.05) is 6.92 Å². The minimum Gasteiger partial charge on any atom is -0.466 e. The maximum absolute atomic E-state index is 11.2. The lowest BCUT2D eigenvalue weighted by Crippen LogP contribution is -2.13. The first-order valence-electron chi connectivity index (χ1n) is 4.49. The first-order valence-corrected chi connectivity index (χ1v) is 5.12. The van der Waals surface area contributed by atoms with Crippen molar-refractivity contribution in [2.45, 2.75) is 32.6 Å². The normalized spacial score (nSPS) is 18.8. The largest absolute Gasteiger partial charge is 0.466 e. The molecule has 3 heteroatoms. The van der Waals surface area contributed by atoms with Gasteiger partial charge in [0.1, 0.15) is 0 Å². The lowest BCUT2D eigenvalue weighted by molar-refractivity contribution is -0.144. The molecule has 0 N–H and O–H groups in total. The fraction of sp³-hybridized carbons (Fsp3) is 0.889. The van der Waals surface area contributed by atoms with E-state index >= 15 is 0 Å². The van der Waals surface area contributed by atoms with Crippen molar-refractivity contribution in [3.8, 4) is 0 Å². The number of rotatable bonds is 5. The molecular weight excluding hydrogens is 172 g/mol. The molecule has 1 aliphatic rings. The summed E-state index contributed by atoms with van der Waals surface area (Å²) in [6.07, 6.45) is 3.74. The topological polar surface area (TPSA) is 26.3 Å². The molecule has 0 aromatic carbocycles. The molecule has 0 saturated heterocycles. The van der Waals surface area contributed by atoms with Crippen LogP contribution in [-0.4, -0.2) is 18.3 Å². The second kappa shape index (κ2) is 4.17. The molecule has 0 heterocycles. The molecule has 1 fully saturated rings. The molecule has 0 aromatic rings. The summed E-state index contributed by atoms with van der Waals surface area (Å²) in [5.74, 6) is 0.761. The van der Waals surface area contributed by atoms with Crippen LogP contribution in [0.5, 0.6) is 0 Å². The summed E-state index contributed by atoms with van der Waals surface area (Å²) < 4.78 is 5.00. The Morgan fingerprint density at radius 2 is 2.25 bits per heavy atom. The molecule has 0 bridgehead atoms. The second-order valence-corrected chi connectivity index (χ2v) is 3.87. The van der Waals surface area contributed by atoms with E-state index in [-0.39, 0.29) is 11.4 Å². The van der Waals surface area contributed by atoms with Crippen molar-refractivity contribution in [3.63, 3.8) is 0 Å². The van der Waals surface area contributed by atoms with E-state index in [0.29, 0.717) is 13.0 Å². The Kier molecular flexibility index (Phi) is 3.44. The van der Waals surface area contributed by atoms with E-state index in [1.54, 1.807) is 0 Å². The Morgan fingerprint density at radius 1 is 1.58 bits per heavy atom. The number of carbonyl (C=O) groups excluding carboxylic acids is 1. The fourth-order valence-electron chi connectivity index (χ4n) is 1.14. The number of thiol groups is 1. The van der Waals surface area contributed by atoms with E-state index in [1.165, 1.54) is 0 Å². The van der Waals surface area contributed by atoms with Crippen molar-refractivity contribution >= 4 is 18.6 Å². The minimum absolute atomic E-state index is 0.0524. The van der Waals surface area contributed by atoms with Gasteiger partial charge in [0.25, 0.3) is 0 Å². The average molecular weight is 188 g/mol. The van der Waals surface area contributed by atoms with Crippen LogP contribution in [0.4, 0.5) is 0 Å². The van der Waals surface area contributed by atoms with Gasteiger partial charge in [0.15, 0.2) is 0 Å². The van der Waals surface area contributed by atoms with Crippen molar-refractivity contribution in [2.24, 2.45) is 5.41 Å². The van der Waals surface area contributed by atoms with Crippen molar-refractivity contribution in [3.05, 3.63) is 0 Å². The number of hydrogen-bond donors (Lipinski definition) is 1. The maximum atomic E-state index is 11.2. The fourth-order valence-corrected chi connectivity index (χ4v) is 1.57. The molecule has 0 unspecified atom stereocenters. The van der Waals surface area contributed by atoms with Crippen molar-refractivity contribution in [1.82, 2.24) is 0 Å². The first kappa shape index (κ1) is 9.90. The van der Waals surface area contributed by atoms with Gasteiger partial charge in [0.2, 0.25) is 0 Å². The highest BCUT2D eigenvalue weighted by molar-refractivity contribution is 7.80. The zero-order valence-electron chi connectivity index (χ0n) is 7.51. The van der Waals surface area contributed by atoms with Crippen LogP contribution in [0.25, 0.3) is 0 Å². The Bertz CT molecular complexity index is 164. The predicted octanol–water partition coefficient (Wildman–Crippen LogP) is 2.04. The highest BCUT2D eigenvalue weighted by atomic mass is 32.1. The Hall–Kier alpha value is -0.180. The van der Waals surface area contributed by atoms with Gasteiger partial charge in [-0.15, -0.1) is 0 Å². The third-order valence-corrected chi connectivity index (χ3v) is 2.95. The summed E-state index contributed by atoms with van der Waals surface area (Å²) in [5, 5.41) is 0. The van der Waals surface area contributed by atoms with Crippen LogP contribution in [0.2, 0.25) is 0 Å². The average Bonchev–Trinajstić information content (AvgIpc) is 2.82. The monoisotopic (exact) mass is 188 g/mol. The van der Waals surface area contributed by atoms with Crippen LogP contribution in [0.1, 0.15) is 32.6 Å². The van der Waals surface area contributed by atoms with E-state index < -0.39 is 0 Å². The molecule has 0 amide bonds. The van der Waals surface area contributed by atoms with Crippen LogP contribution in [0, 0.1) is 5.41 Å². The summed E-state index contributed by atoms with van der Waals surface area (Å²) in [6.45, 7) is 2.56. The van der Waals surface area contributed by atoms with Crippen LogP contribution in [0.3, 0.4) is 0 Å². The zero-order valence-corrected chi connectivity index (χ0v) is 8.40. The standard InChI is InChI=1S/C9H16O2S/c1-2-5-11-8(10)6-9(7-12)3-4-9/h12H,2-7H2,1H3. The summed E-state index contributed by atoms with van der Waals surface area (Å²) in [4.78, 5) is 11.2. The van der Waals surface area contributed by atoms with E-state index in [2.05, 4.69) is 12.6 Å². The van der Waals surface area contributed by atoms with Crippen LogP contribution < -0.4 is 0 Å². The van der Waals surface area contributed by atoms with Gasteiger partial charge in [-0.1, -0.05) is 6.92 Å². The van der Waals surface area contributed by atoms with E-state index in [9.17, 15) is 4.79 Å². The molecule has 0 spiro atoms. The van der Waals surface area contributed by atoms with E-state index in [4.69, 9.17) is 4.74 Å². The van der Waals surface area contributed by atoms with Crippen molar-refractivity contribution in [1.29, 1.82) is 0 Å². The molecule has 1 saturated carbocycles. The molecule has 0 aromatic heterocycles. The lowest BCUT2D eigenvalue weighted by atomic mass is 10.1. The quantitative estimate of drug-likeness (QED) is 0.528. The SMILES string of the molecule is CCCOC(=O)CC1(CS)CC1. The number of esters is 1. The summed E-state index contributed by atoms with van der Waals surface area (Å²) in [7, 11) is 0. The van der Waals surface area contributed by atoms with Crippen molar-refractivity contribution < 1.29 is 9.53 Å². The van der Waals surface area contributed by atoms with Gasteiger partial charge in [-0.2, -0.15) is 12.6 Å². The predicted molar refractivity (Wildman–Crippen MR) is 51.4 cm³/mol. The molecule has 0 aliphatic heterocycles. The second-order valence-electron chi connectivity index (χ2n) is 3.56. The molecular formula is C9H16O2S. The molecule has 12 heavy (non-hydrogen) atoms. The van der Waals surface area contributed by atoms with Gasteiger partial charge in [0.05, 0.1) is 13.0 Å². The summed E-state index contributed by atoms with van der Waals surface area (Å²) >= 11 is 4.22. The summed E-state index contributed by atoms with van der Waals surface area (Å²) in [6, 6.07) is 0. The van der Waals surface area contributed by atoms with Crippen LogP contribution >= 0.6 is 12.6 Å². The number of carbonyl (C=O) groups is 1. The molecule has 0 atom stereocenters. The van der Waals surface area contributed by atoms with Crippen LogP contribution in [0.15, 0.2) is 0 Å². The summed E-state index contributed by atoms with van der Waals surface area (Å²) in [5.41, 5.74) is 0.202. The van der Waals surface area contributed by atoms with Gasteiger partial charge in [-0.3, -0.25) is 4.79 Å². The molecule has 0 radical (unpaired) electrons. The Labute approximate surface area is 79.1 Å². The van der Waals surface area contributed by atoms with Gasteiger partial charge in [0, 0.05) is 0 Å². The maximum Gasteiger partial charge on any atom is 0.306 e. The van der Waals surface area contributed by atoms with Gasteiger partial charge < -0.3 is 4.74 Å². The Morgan fingerprint density at radius 3 is 2.67 bits per heavy atom. The van der Waals surface area contributed by atoms with Gasteiger partial charge >= 0.3 is 5.97 Å². The van der Waals surface area contributed by atoms with Crippen LogP contribution in [-0.2, 0) is 9.53 Å². The highest BCUT2D eigenvalue weighted by Crippen LogP contribution is 2.49. The first-order chi connectivity index (χ1) is 5.72. The van der Waals surface area contributed by atoms with Crippen molar-refractivity contribution in [2.75, 3.05) is 12.4 Å². The van der Waals surface area contributed by atoms with Gasteiger partial charge in [-0.05, 0) is 30.4 Å². The van der Waals surface area contributed by atoms with Gasteiger partial charge in [-0.25, -0.2) is 0 Å². The third-order valence-electron chi connectivity index (χ3n) is 2.28. The molecule has 1 aliphatic carbocycles. The number of hydrogen-bond acceptors (Lipinski definition) is 3. The third kappa shape index (κ3) is 2.70. The number of ether oxygens (including phenoxy) is 1. The minimum atomic E-state index is -0.0524. The molecule has 70 valence electrons. The Balaban J connectivity index is 2.17. The molecule has 1 rings (SSSR count). The van der Waals surface area contributed by atoms with E-state index in [0.717, 1.165) is 25.0 Å².